The lowest BCUT2D eigenvalue weighted by Crippen LogP contribution is -2.42. The molecule has 110 valence electrons. The van der Waals surface area contributed by atoms with Gasteiger partial charge in [-0.05, 0) is 36.1 Å². The van der Waals surface area contributed by atoms with Gasteiger partial charge in [-0.1, -0.05) is 27.7 Å². The van der Waals surface area contributed by atoms with Crippen molar-refractivity contribution < 1.29 is 9.47 Å². The highest BCUT2D eigenvalue weighted by atomic mass is 16.7. The van der Waals surface area contributed by atoms with Crippen LogP contribution in [0.1, 0.15) is 53.4 Å². The van der Waals surface area contributed by atoms with Crippen molar-refractivity contribution in [2.24, 2.45) is 16.7 Å². The Balaban J connectivity index is 1.44. The van der Waals surface area contributed by atoms with Crippen molar-refractivity contribution in [2.45, 2.75) is 65.2 Å². The molecular weight excluding hydrogens is 238 g/mol. The van der Waals surface area contributed by atoms with Gasteiger partial charge in [-0.3, -0.25) is 0 Å². The molecule has 2 saturated carbocycles. The molecule has 1 spiro atoms. The van der Waals surface area contributed by atoms with Crippen LogP contribution in [0.15, 0.2) is 0 Å². The molecule has 0 aromatic rings. The fourth-order valence-electron chi connectivity index (χ4n) is 4.18. The Bertz CT molecular complexity index is 321. The van der Waals surface area contributed by atoms with Crippen LogP contribution in [0.25, 0.3) is 0 Å². The summed E-state index contributed by atoms with van der Waals surface area (Å²) < 4.78 is 11.6. The molecule has 0 aromatic carbocycles. The molecule has 3 rings (SSSR count). The van der Waals surface area contributed by atoms with E-state index in [0.717, 1.165) is 32.0 Å². The van der Waals surface area contributed by atoms with Gasteiger partial charge < -0.3 is 14.8 Å². The SMILES string of the molecule is CC1(C)C(CNC2CCC3(CC2)OCCO3)C1(C)C. The van der Waals surface area contributed by atoms with Gasteiger partial charge in [0.2, 0.25) is 0 Å². The van der Waals surface area contributed by atoms with Gasteiger partial charge >= 0.3 is 0 Å². The molecule has 19 heavy (non-hydrogen) atoms. The first kappa shape index (κ1) is 13.8. The lowest BCUT2D eigenvalue weighted by molar-refractivity contribution is -0.179. The minimum Gasteiger partial charge on any atom is -0.348 e. The minimum atomic E-state index is -0.212. The van der Waals surface area contributed by atoms with E-state index in [9.17, 15) is 0 Å². The largest absolute Gasteiger partial charge is 0.348 e. The van der Waals surface area contributed by atoms with Gasteiger partial charge in [0.25, 0.3) is 0 Å². The van der Waals surface area contributed by atoms with E-state index in [4.69, 9.17) is 9.47 Å². The van der Waals surface area contributed by atoms with Gasteiger partial charge in [0.1, 0.15) is 0 Å². The Morgan fingerprint density at radius 2 is 1.47 bits per heavy atom. The van der Waals surface area contributed by atoms with Crippen molar-refractivity contribution in [2.75, 3.05) is 19.8 Å². The van der Waals surface area contributed by atoms with Crippen LogP contribution in [-0.2, 0) is 9.47 Å². The van der Waals surface area contributed by atoms with Crippen molar-refractivity contribution in [1.82, 2.24) is 5.32 Å². The van der Waals surface area contributed by atoms with Crippen LogP contribution in [0.4, 0.5) is 0 Å². The van der Waals surface area contributed by atoms with Crippen molar-refractivity contribution in [3.63, 3.8) is 0 Å². The third kappa shape index (κ3) is 2.24. The van der Waals surface area contributed by atoms with E-state index in [1.54, 1.807) is 0 Å². The van der Waals surface area contributed by atoms with E-state index in [0.29, 0.717) is 16.9 Å². The zero-order valence-corrected chi connectivity index (χ0v) is 12.9. The standard InChI is InChI=1S/C16H29NO2/c1-14(2)13(15(14,3)4)11-17-12-5-7-16(8-6-12)18-9-10-19-16/h12-13,17H,5-11H2,1-4H3. The quantitative estimate of drug-likeness (QED) is 0.853. The van der Waals surface area contributed by atoms with E-state index >= 15 is 0 Å². The molecule has 0 unspecified atom stereocenters. The first-order chi connectivity index (χ1) is 8.87. The number of ether oxygens (including phenoxy) is 2. The van der Waals surface area contributed by atoms with Crippen LogP contribution in [-0.4, -0.2) is 31.6 Å². The smallest absolute Gasteiger partial charge is 0.168 e. The van der Waals surface area contributed by atoms with E-state index in [2.05, 4.69) is 33.0 Å². The van der Waals surface area contributed by atoms with E-state index < -0.39 is 0 Å². The Morgan fingerprint density at radius 1 is 0.947 bits per heavy atom. The molecule has 3 heteroatoms. The van der Waals surface area contributed by atoms with E-state index in [-0.39, 0.29) is 5.79 Å². The maximum Gasteiger partial charge on any atom is 0.168 e. The van der Waals surface area contributed by atoms with Gasteiger partial charge in [0, 0.05) is 18.9 Å². The van der Waals surface area contributed by atoms with Gasteiger partial charge in [-0.2, -0.15) is 0 Å². The van der Waals surface area contributed by atoms with Gasteiger partial charge in [0.15, 0.2) is 5.79 Å². The molecule has 0 radical (unpaired) electrons. The zero-order chi connectivity index (χ0) is 13.7. The van der Waals surface area contributed by atoms with Crippen LogP contribution >= 0.6 is 0 Å². The zero-order valence-electron chi connectivity index (χ0n) is 12.9. The maximum absolute atomic E-state index is 5.78. The van der Waals surface area contributed by atoms with Crippen molar-refractivity contribution in [3.05, 3.63) is 0 Å². The summed E-state index contributed by atoms with van der Waals surface area (Å²) in [6.45, 7) is 12.3. The third-order valence-corrected chi connectivity index (χ3v) is 6.49. The molecular formula is C16H29NO2. The molecule has 1 heterocycles. The Morgan fingerprint density at radius 3 is 1.95 bits per heavy atom. The molecule has 0 amide bonds. The Labute approximate surface area is 117 Å². The summed E-state index contributed by atoms with van der Waals surface area (Å²) in [6.07, 6.45) is 4.49. The molecule has 0 bridgehead atoms. The van der Waals surface area contributed by atoms with Crippen molar-refractivity contribution >= 4 is 0 Å². The number of hydrogen-bond acceptors (Lipinski definition) is 3. The third-order valence-electron chi connectivity index (χ3n) is 6.49. The first-order valence-corrected chi connectivity index (χ1v) is 7.89. The van der Waals surface area contributed by atoms with Crippen LogP contribution in [0.3, 0.4) is 0 Å². The number of nitrogens with one attached hydrogen (secondary N) is 1. The summed E-state index contributed by atoms with van der Waals surface area (Å²) in [4.78, 5) is 0. The molecule has 1 aliphatic heterocycles. The lowest BCUT2D eigenvalue weighted by Gasteiger charge is -2.35. The molecule has 2 aliphatic carbocycles. The summed E-state index contributed by atoms with van der Waals surface area (Å²) in [5, 5.41) is 3.79. The predicted octanol–water partition coefficient (Wildman–Crippen LogP) is 2.94. The second-order valence-electron chi connectivity index (χ2n) is 7.79. The van der Waals surface area contributed by atoms with Crippen molar-refractivity contribution in [3.8, 4) is 0 Å². The van der Waals surface area contributed by atoms with Gasteiger partial charge in [0.05, 0.1) is 13.2 Å². The fourth-order valence-corrected chi connectivity index (χ4v) is 4.18. The first-order valence-electron chi connectivity index (χ1n) is 7.89. The predicted molar refractivity (Wildman–Crippen MR) is 75.9 cm³/mol. The Kier molecular flexibility index (Phi) is 3.23. The normalized spacial score (nSPS) is 32.8. The van der Waals surface area contributed by atoms with Crippen LogP contribution in [0, 0.1) is 16.7 Å². The summed E-state index contributed by atoms with van der Waals surface area (Å²) in [5.74, 6) is 0.603. The summed E-state index contributed by atoms with van der Waals surface area (Å²) in [7, 11) is 0. The molecule has 3 nitrogen and oxygen atoms in total. The average Bonchev–Trinajstić information content (AvgIpc) is 2.72. The molecule has 1 N–H and O–H groups in total. The second-order valence-corrected chi connectivity index (χ2v) is 7.79. The number of rotatable bonds is 3. The fraction of sp³-hybridized carbons (Fsp3) is 1.00. The van der Waals surface area contributed by atoms with Crippen LogP contribution < -0.4 is 5.32 Å². The summed E-state index contributed by atoms with van der Waals surface area (Å²) in [5.41, 5.74) is 0.987. The van der Waals surface area contributed by atoms with E-state index in [1.165, 1.54) is 19.4 Å². The van der Waals surface area contributed by atoms with Gasteiger partial charge in [-0.15, -0.1) is 0 Å². The second kappa shape index (κ2) is 4.44. The average molecular weight is 267 g/mol. The Hall–Kier alpha value is -0.120. The monoisotopic (exact) mass is 267 g/mol. The molecule has 0 atom stereocenters. The molecule has 3 fully saturated rings. The van der Waals surface area contributed by atoms with Crippen LogP contribution in [0.5, 0.6) is 0 Å². The summed E-state index contributed by atoms with van der Waals surface area (Å²) in [6, 6.07) is 0.658. The highest BCUT2D eigenvalue weighted by Gasteiger charge is 2.64. The number of hydrogen-bond donors (Lipinski definition) is 1. The highest BCUT2D eigenvalue weighted by Crippen LogP contribution is 2.68. The highest BCUT2D eigenvalue weighted by molar-refractivity contribution is 5.13. The van der Waals surface area contributed by atoms with Gasteiger partial charge in [-0.25, -0.2) is 0 Å². The summed E-state index contributed by atoms with van der Waals surface area (Å²) >= 11 is 0. The van der Waals surface area contributed by atoms with E-state index in [1.807, 2.05) is 0 Å². The maximum atomic E-state index is 5.78. The van der Waals surface area contributed by atoms with Crippen LogP contribution in [0.2, 0.25) is 0 Å². The molecule has 0 aromatic heterocycles. The van der Waals surface area contributed by atoms with Crippen molar-refractivity contribution in [1.29, 1.82) is 0 Å². The lowest BCUT2D eigenvalue weighted by atomic mass is 9.90. The minimum absolute atomic E-state index is 0.212. The molecule has 3 aliphatic rings. The topological polar surface area (TPSA) is 30.5 Å². The molecule has 1 saturated heterocycles.